The number of thiazole rings is 1. The minimum atomic E-state index is -4.25. The number of alkyl halides is 3. The largest absolute Gasteiger partial charge is 0.393 e. The topological polar surface area (TPSA) is 51.0 Å². The van der Waals surface area contributed by atoms with Crippen molar-refractivity contribution in [2.24, 2.45) is 13.0 Å². The SMILES string of the molecule is Cc1nc(-c2cnn(C)c2)sc1C(=O)N1CCC(C(F)(F)F)C1. The molecule has 5 nitrogen and oxygen atoms in total. The van der Waals surface area contributed by atoms with Gasteiger partial charge < -0.3 is 4.90 Å². The molecule has 0 aliphatic carbocycles. The molecule has 1 atom stereocenters. The molecule has 1 amide bonds. The van der Waals surface area contributed by atoms with E-state index in [-0.39, 0.29) is 25.4 Å². The molecule has 1 saturated heterocycles. The molecule has 1 fully saturated rings. The summed E-state index contributed by atoms with van der Waals surface area (Å²) in [5, 5.41) is 4.70. The van der Waals surface area contributed by atoms with Gasteiger partial charge in [0.05, 0.1) is 17.8 Å². The number of halogens is 3. The molecule has 1 aliphatic heterocycles. The fraction of sp³-hybridized carbons (Fsp3) is 0.500. The maximum absolute atomic E-state index is 12.8. The first-order valence-electron chi connectivity index (χ1n) is 7.08. The van der Waals surface area contributed by atoms with Crippen molar-refractivity contribution < 1.29 is 18.0 Å². The summed E-state index contributed by atoms with van der Waals surface area (Å²) in [5.74, 6) is -1.81. The standard InChI is InChI=1S/C14H15F3N4OS/c1-8-11(23-12(19-8)9-5-18-20(2)6-9)13(22)21-4-3-10(7-21)14(15,16)17/h5-6,10H,3-4,7H2,1-2H3. The van der Waals surface area contributed by atoms with Crippen molar-refractivity contribution in [2.75, 3.05) is 13.1 Å². The molecule has 23 heavy (non-hydrogen) atoms. The number of amides is 1. The van der Waals surface area contributed by atoms with Crippen molar-refractivity contribution in [1.29, 1.82) is 0 Å². The van der Waals surface area contributed by atoms with E-state index in [0.29, 0.717) is 15.6 Å². The van der Waals surface area contributed by atoms with E-state index in [1.54, 1.807) is 31.0 Å². The molecule has 1 aliphatic rings. The first kappa shape index (κ1) is 16.0. The molecule has 9 heteroatoms. The molecular formula is C14H15F3N4OS. The molecule has 0 aromatic carbocycles. The van der Waals surface area contributed by atoms with Gasteiger partial charge >= 0.3 is 6.18 Å². The number of hydrogen-bond donors (Lipinski definition) is 0. The first-order valence-corrected chi connectivity index (χ1v) is 7.90. The zero-order chi connectivity index (χ0) is 16.8. The van der Waals surface area contributed by atoms with Gasteiger partial charge in [0.15, 0.2) is 0 Å². The molecule has 0 N–H and O–H groups in total. The van der Waals surface area contributed by atoms with Crippen molar-refractivity contribution in [2.45, 2.75) is 19.5 Å². The quantitative estimate of drug-likeness (QED) is 0.842. The lowest BCUT2D eigenvalue weighted by atomic mass is 10.1. The van der Waals surface area contributed by atoms with E-state index in [0.717, 1.165) is 5.56 Å². The molecule has 124 valence electrons. The molecule has 1 unspecified atom stereocenters. The Morgan fingerprint density at radius 3 is 2.74 bits per heavy atom. The van der Waals surface area contributed by atoms with Gasteiger partial charge in [-0.3, -0.25) is 9.48 Å². The fourth-order valence-electron chi connectivity index (χ4n) is 2.61. The van der Waals surface area contributed by atoms with Crippen LogP contribution in [0.25, 0.3) is 10.6 Å². The van der Waals surface area contributed by atoms with Crippen LogP contribution in [0.2, 0.25) is 0 Å². The second-order valence-corrected chi connectivity index (χ2v) is 6.61. The fourth-order valence-corrected chi connectivity index (χ4v) is 3.61. The highest BCUT2D eigenvalue weighted by Crippen LogP contribution is 2.35. The Balaban J connectivity index is 1.80. The van der Waals surface area contributed by atoms with Crippen LogP contribution in [-0.2, 0) is 7.05 Å². The Morgan fingerprint density at radius 1 is 1.43 bits per heavy atom. The maximum Gasteiger partial charge on any atom is 0.393 e. The summed E-state index contributed by atoms with van der Waals surface area (Å²) in [6.07, 6.45) is -0.870. The third-order valence-corrected chi connectivity index (χ3v) is 5.08. The van der Waals surface area contributed by atoms with Crippen LogP contribution in [0, 0.1) is 12.8 Å². The number of aryl methyl sites for hydroxylation is 2. The number of carbonyl (C=O) groups is 1. The Kier molecular flexibility index (Phi) is 3.91. The Bertz CT molecular complexity index is 737. The van der Waals surface area contributed by atoms with Gasteiger partial charge in [0.2, 0.25) is 0 Å². The summed E-state index contributed by atoms with van der Waals surface area (Å²) in [6.45, 7) is 1.55. The average molecular weight is 344 g/mol. The summed E-state index contributed by atoms with van der Waals surface area (Å²) >= 11 is 1.19. The van der Waals surface area contributed by atoms with Crippen LogP contribution in [0.4, 0.5) is 13.2 Å². The van der Waals surface area contributed by atoms with Gasteiger partial charge in [-0.15, -0.1) is 11.3 Å². The molecular weight excluding hydrogens is 329 g/mol. The summed E-state index contributed by atoms with van der Waals surface area (Å²) in [7, 11) is 1.78. The highest BCUT2D eigenvalue weighted by molar-refractivity contribution is 7.17. The monoisotopic (exact) mass is 344 g/mol. The van der Waals surface area contributed by atoms with E-state index in [2.05, 4.69) is 10.1 Å². The van der Waals surface area contributed by atoms with Crippen molar-refractivity contribution >= 4 is 17.2 Å². The minimum Gasteiger partial charge on any atom is -0.337 e. The smallest absolute Gasteiger partial charge is 0.337 e. The summed E-state index contributed by atoms with van der Waals surface area (Å²) in [5.41, 5.74) is 1.32. The van der Waals surface area contributed by atoms with E-state index in [1.807, 2.05) is 0 Å². The van der Waals surface area contributed by atoms with Crippen LogP contribution in [0.15, 0.2) is 12.4 Å². The lowest BCUT2D eigenvalue weighted by molar-refractivity contribution is -0.169. The third kappa shape index (κ3) is 3.10. The van der Waals surface area contributed by atoms with E-state index in [4.69, 9.17) is 0 Å². The lowest BCUT2D eigenvalue weighted by Crippen LogP contribution is -2.31. The van der Waals surface area contributed by atoms with Crippen LogP contribution in [-0.4, -0.2) is 44.8 Å². The number of nitrogens with zero attached hydrogens (tertiary/aromatic N) is 4. The van der Waals surface area contributed by atoms with Gasteiger partial charge in [0.1, 0.15) is 9.88 Å². The summed E-state index contributed by atoms with van der Waals surface area (Å²) in [4.78, 5) is 18.5. The number of carbonyl (C=O) groups excluding carboxylic acids is 1. The Labute approximate surface area is 134 Å². The molecule has 0 saturated carbocycles. The zero-order valence-corrected chi connectivity index (χ0v) is 13.4. The molecule has 2 aromatic heterocycles. The van der Waals surface area contributed by atoms with E-state index in [9.17, 15) is 18.0 Å². The van der Waals surface area contributed by atoms with Gasteiger partial charge in [-0.1, -0.05) is 0 Å². The molecule has 0 radical (unpaired) electrons. The predicted molar refractivity (Wildman–Crippen MR) is 79.1 cm³/mol. The van der Waals surface area contributed by atoms with Gasteiger partial charge in [-0.05, 0) is 13.3 Å². The molecule has 3 rings (SSSR count). The minimum absolute atomic E-state index is 0.0391. The van der Waals surface area contributed by atoms with Crippen LogP contribution in [0.3, 0.4) is 0 Å². The third-order valence-electron chi connectivity index (χ3n) is 3.88. The zero-order valence-electron chi connectivity index (χ0n) is 12.6. The van der Waals surface area contributed by atoms with E-state index >= 15 is 0 Å². The van der Waals surface area contributed by atoms with E-state index < -0.39 is 12.1 Å². The molecule has 0 bridgehead atoms. The number of aromatic nitrogens is 3. The predicted octanol–water partition coefficient (Wildman–Crippen LogP) is 2.88. The Morgan fingerprint density at radius 2 is 2.17 bits per heavy atom. The van der Waals surface area contributed by atoms with Crippen molar-refractivity contribution in [3.63, 3.8) is 0 Å². The Hall–Kier alpha value is -1.90. The number of hydrogen-bond acceptors (Lipinski definition) is 4. The van der Waals surface area contributed by atoms with Gasteiger partial charge in [-0.25, -0.2) is 4.98 Å². The lowest BCUT2D eigenvalue weighted by Gasteiger charge is -2.17. The van der Waals surface area contributed by atoms with Crippen LogP contribution < -0.4 is 0 Å². The van der Waals surface area contributed by atoms with Crippen LogP contribution in [0.1, 0.15) is 21.8 Å². The van der Waals surface area contributed by atoms with Gasteiger partial charge in [-0.2, -0.15) is 18.3 Å². The highest BCUT2D eigenvalue weighted by Gasteiger charge is 2.45. The first-order chi connectivity index (χ1) is 10.8. The van der Waals surface area contributed by atoms with Crippen molar-refractivity contribution in [1.82, 2.24) is 19.7 Å². The average Bonchev–Trinajstić information content (AvgIpc) is 3.15. The summed E-state index contributed by atoms with van der Waals surface area (Å²) in [6, 6.07) is 0. The molecule has 3 heterocycles. The van der Waals surface area contributed by atoms with Crippen LogP contribution >= 0.6 is 11.3 Å². The second-order valence-electron chi connectivity index (χ2n) is 5.61. The number of likely N-dealkylation sites (tertiary alicyclic amines) is 1. The second kappa shape index (κ2) is 5.63. The summed E-state index contributed by atoms with van der Waals surface area (Å²) < 4.78 is 39.9. The van der Waals surface area contributed by atoms with Crippen molar-refractivity contribution in [3.8, 4) is 10.6 Å². The van der Waals surface area contributed by atoms with Crippen molar-refractivity contribution in [3.05, 3.63) is 23.0 Å². The van der Waals surface area contributed by atoms with Gasteiger partial charge in [0.25, 0.3) is 5.91 Å². The van der Waals surface area contributed by atoms with Gasteiger partial charge in [0, 0.05) is 31.9 Å². The molecule has 2 aromatic rings. The molecule has 0 spiro atoms. The maximum atomic E-state index is 12.8. The van der Waals surface area contributed by atoms with E-state index in [1.165, 1.54) is 16.2 Å². The number of rotatable bonds is 2. The highest BCUT2D eigenvalue weighted by atomic mass is 32.1. The normalized spacial score (nSPS) is 18.7. The van der Waals surface area contributed by atoms with Crippen LogP contribution in [0.5, 0.6) is 0 Å².